The van der Waals surface area contributed by atoms with Crippen molar-refractivity contribution in [3.8, 4) is 0 Å². The number of likely N-dealkylation sites (tertiary alicyclic amines) is 1. The second kappa shape index (κ2) is 10.7. The predicted molar refractivity (Wildman–Crippen MR) is 88.1 cm³/mol. The van der Waals surface area contributed by atoms with Crippen molar-refractivity contribution in [2.75, 3.05) is 13.1 Å². The number of hydrogen-bond acceptors (Lipinski definition) is 1. The van der Waals surface area contributed by atoms with Crippen LogP contribution in [-0.4, -0.2) is 18.0 Å². The molecule has 108 valence electrons. The van der Waals surface area contributed by atoms with Crippen LogP contribution < -0.4 is 0 Å². The third kappa shape index (κ3) is 5.96. The van der Waals surface area contributed by atoms with Gasteiger partial charge in [0.15, 0.2) is 0 Å². The fourth-order valence-corrected chi connectivity index (χ4v) is 2.09. The molecule has 1 aromatic carbocycles. The number of benzene rings is 1. The normalized spacial score (nSPS) is 14.7. The lowest BCUT2D eigenvalue weighted by Gasteiger charge is -2.33. The van der Waals surface area contributed by atoms with E-state index in [9.17, 15) is 0 Å². The molecule has 1 aromatic rings. The van der Waals surface area contributed by atoms with Crippen LogP contribution in [0.3, 0.4) is 0 Å². The van der Waals surface area contributed by atoms with Crippen LogP contribution in [0.4, 0.5) is 0 Å². The highest BCUT2D eigenvalue weighted by molar-refractivity contribution is 5.61. The lowest BCUT2D eigenvalue weighted by molar-refractivity contribution is 0.268. The van der Waals surface area contributed by atoms with Gasteiger partial charge in [0.25, 0.3) is 0 Å². The predicted octanol–water partition coefficient (Wildman–Crippen LogP) is 5.44. The molecule has 0 radical (unpaired) electrons. The fourth-order valence-electron chi connectivity index (χ4n) is 2.09. The number of hydrogen-bond donors (Lipinski definition) is 0. The van der Waals surface area contributed by atoms with Crippen molar-refractivity contribution in [2.45, 2.75) is 47.5 Å². The topological polar surface area (TPSA) is 3.24 Å². The van der Waals surface area contributed by atoms with Gasteiger partial charge < -0.3 is 4.90 Å². The molecule has 0 aromatic heterocycles. The minimum absolute atomic E-state index is 0.879. The zero-order valence-corrected chi connectivity index (χ0v) is 13.4. The summed E-state index contributed by atoms with van der Waals surface area (Å²) in [5.74, 6) is 0.879. The van der Waals surface area contributed by atoms with E-state index in [1.54, 1.807) is 0 Å². The van der Waals surface area contributed by atoms with E-state index in [-0.39, 0.29) is 0 Å². The molecule has 0 saturated carbocycles. The van der Waals surface area contributed by atoms with Gasteiger partial charge in [0.2, 0.25) is 0 Å². The van der Waals surface area contributed by atoms with E-state index in [1.165, 1.54) is 24.1 Å². The Hall–Kier alpha value is -1.24. The lowest BCUT2D eigenvalue weighted by atomic mass is 9.98. The second-order valence-electron chi connectivity index (χ2n) is 4.48. The van der Waals surface area contributed by atoms with Crippen LogP contribution in [0.1, 0.15) is 53.0 Å². The minimum atomic E-state index is 0.879. The largest absolute Gasteiger partial charge is 0.372 e. The Kier molecular flexibility index (Phi) is 9.97. The van der Waals surface area contributed by atoms with Gasteiger partial charge in [0.05, 0.1) is 0 Å². The van der Waals surface area contributed by atoms with Crippen molar-refractivity contribution in [3.05, 3.63) is 42.5 Å². The van der Waals surface area contributed by atoms with Gasteiger partial charge in [-0.15, -0.1) is 0 Å². The van der Waals surface area contributed by atoms with E-state index >= 15 is 0 Å². The van der Waals surface area contributed by atoms with E-state index in [4.69, 9.17) is 0 Å². The van der Waals surface area contributed by atoms with E-state index in [2.05, 4.69) is 48.7 Å². The fraction of sp³-hybridized carbons (Fsp3) is 0.556. The van der Waals surface area contributed by atoms with Crippen LogP contribution in [0.5, 0.6) is 0 Å². The zero-order valence-electron chi connectivity index (χ0n) is 13.4. The molecule has 0 amide bonds. The monoisotopic (exact) mass is 261 g/mol. The molecule has 0 bridgehead atoms. The van der Waals surface area contributed by atoms with Gasteiger partial charge in [-0.3, -0.25) is 0 Å². The molecule has 0 N–H and O–H groups in total. The molecule has 1 fully saturated rings. The van der Waals surface area contributed by atoms with E-state index in [1.807, 2.05) is 27.7 Å². The summed E-state index contributed by atoms with van der Waals surface area (Å²) < 4.78 is 0. The van der Waals surface area contributed by atoms with Crippen LogP contribution in [0.15, 0.2) is 36.9 Å². The maximum Gasteiger partial charge on any atom is 0.0366 e. The number of rotatable bonds is 2. The standard InChI is InChI=1S/C14H19N.2C2H6/c1-12-8-10-15(11-9-12)13(2)14-6-4-3-5-7-14;2*1-2/h3-7,12H,2,8-11H2,1H3;2*1-2H3. The van der Waals surface area contributed by atoms with Gasteiger partial charge in [-0.05, 0) is 24.3 Å². The Bertz CT molecular complexity index is 321. The molecular formula is C18H31N. The van der Waals surface area contributed by atoms with E-state index in [0.717, 1.165) is 19.0 Å². The van der Waals surface area contributed by atoms with Gasteiger partial charge in [-0.25, -0.2) is 0 Å². The molecular weight excluding hydrogens is 230 g/mol. The molecule has 1 nitrogen and oxygen atoms in total. The molecule has 0 spiro atoms. The third-order valence-corrected chi connectivity index (χ3v) is 3.27. The van der Waals surface area contributed by atoms with Crippen molar-refractivity contribution in [1.82, 2.24) is 4.90 Å². The zero-order chi connectivity index (χ0) is 14.7. The van der Waals surface area contributed by atoms with Crippen LogP contribution >= 0.6 is 0 Å². The highest BCUT2D eigenvalue weighted by Gasteiger charge is 2.17. The third-order valence-electron chi connectivity index (χ3n) is 3.27. The molecule has 2 rings (SSSR count). The minimum Gasteiger partial charge on any atom is -0.372 e. The van der Waals surface area contributed by atoms with Crippen LogP contribution in [0.2, 0.25) is 0 Å². The first-order chi connectivity index (χ1) is 9.27. The number of piperidine rings is 1. The quantitative estimate of drug-likeness (QED) is 0.685. The summed E-state index contributed by atoms with van der Waals surface area (Å²) in [6.45, 7) is 16.9. The van der Waals surface area contributed by atoms with Gasteiger partial charge in [0, 0.05) is 18.8 Å². The Morgan fingerprint density at radius 3 is 1.95 bits per heavy atom. The Morgan fingerprint density at radius 2 is 1.47 bits per heavy atom. The van der Waals surface area contributed by atoms with Crippen LogP contribution in [-0.2, 0) is 0 Å². The first-order valence-corrected chi connectivity index (χ1v) is 7.76. The summed E-state index contributed by atoms with van der Waals surface area (Å²) in [4.78, 5) is 2.41. The van der Waals surface area contributed by atoms with Crippen molar-refractivity contribution in [1.29, 1.82) is 0 Å². The molecule has 19 heavy (non-hydrogen) atoms. The van der Waals surface area contributed by atoms with Gasteiger partial charge >= 0.3 is 0 Å². The van der Waals surface area contributed by atoms with Crippen LogP contribution in [0, 0.1) is 5.92 Å². The van der Waals surface area contributed by atoms with Gasteiger partial charge in [0.1, 0.15) is 0 Å². The first kappa shape index (κ1) is 17.8. The Morgan fingerprint density at radius 1 is 1.00 bits per heavy atom. The average molecular weight is 261 g/mol. The highest BCUT2D eigenvalue weighted by atomic mass is 15.1. The van der Waals surface area contributed by atoms with Crippen molar-refractivity contribution in [2.24, 2.45) is 5.92 Å². The Balaban J connectivity index is 0.000000741. The van der Waals surface area contributed by atoms with E-state index in [0.29, 0.717) is 0 Å². The van der Waals surface area contributed by atoms with E-state index < -0.39 is 0 Å². The summed E-state index contributed by atoms with van der Waals surface area (Å²) in [6, 6.07) is 10.5. The summed E-state index contributed by atoms with van der Waals surface area (Å²) in [5.41, 5.74) is 2.44. The van der Waals surface area contributed by atoms with Crippen molar-refractivity contribution in [3.63, 3.8) is 0 Å². The van der Waals surface area contributed by atoms with Crippen molar-refractivity contribution < 1.29 is 0 Å². The molecule has 1 aliphatic heterocycles. The maximum atomic E-state index is 4.20. The molecule has 1 aliphatic rings. The average Bonchev–Trinajstić information content (AvgIpc) is 2.52. The first-order valence-electron chi connectivity index (χ1n) is 7.76. The lowest BCUT2D eigenvalue weighted by Crippen LogP contribution is -2.31. The second-order valence-corrected chi connectivity index (χ2v) is 4.48. The molecule has 0 unspecified atom stereocenters. The summed E-state index contributed by atoms with van der Waals surface area (Å²) in [6.07, 6.45) is 2.59. The van der Waals surface area contributed by atoms with Crippen molar-refractivity contribution >= 4 is 5.70 Å². The maximum absolute atomic E-state index is 4.20. The molecule has 1 saturated heterocycles. The SMILES string of the molecule is C=C(c1ccccc1)N1CCC(C)CC1.CC.CC. The molecule has 1 heterocycles. The van der Waals surface area contributed by atoms with Gasteiger partial charge in [-0.2, -0.15) is 0 Å². The van der Waals surface area contributed by atoms with Crippen LogP contribution in [0.25, 0.3) is 5.70 Å². The Labute approximate surface area is 120 Å². The summed E-state index contributed by atoms with van der Waals surface area (Å²) in [5, 5.41) is 0. The summed E-state index contributed by atoms with van der Waals surface area (Å²) in [7, 11) is 0. The molecule has 1 heteroatoms. The smallest absolute Gasteiger partial charge is 0.0366 e. The van der Waals surface area contributed by atoms with Gasteiger partial charge in [-0.1, -0.05) is 71.5 Å². The summed E-state index contributed by atoms with van der Waals surface area (Å²) >= 11 is 0. The highest BCUT2D eigenvalue weighted by Crippen LogP contribution is 2.24. The number of nitrogens with zero attached hydrogens (tertiary/aromatic N) is 1. The molecule has 0 atom stereocenters. The molecule has 0 aliphatic carbocycles.